The molecule has 1 aliphatic rings. The van der Waals surface area contributed by atoms with E-state index in [0.717, 1.165) is 12.8 Å². The van der Waals surface area contributed by atoms with Gasteiger partial charge >= 0.3 is 0 Å². The number of nitrogens with one attached hydrogen (secondary N) is 1. The average molecular weight is 327 g/mol. The van der Waals surface area contributed by atoms with Crippen LogP contribution in [0.3, 0.4) is 0 Å². The first kappa shape index (κ1) is 15.4. The minimum absolute atomic E-state index is 0.0556. The minimum atomic E-state index is -0.0598. The number of ether oxygens (including phenoxy) is 1. The Kier molecular flexibility index (Phi) is 4.50. The second kappa shape index (κ2) is 6.72. The van der Waals surface area contributed by atoms with E-state index in [1.54, 1.807) is 30.3 Å². The van der Waals surface area contributed by atoms with Gasteiger partial charge in [0.15, 0.2) is 0 Å². The highest BCUT2D eigenvalue weighted by atomic mass is 35.5. The number of nitriles is 1. The Labute approximate surface area is 139 Å². The molecule has 2 aromatic carbocycles. The van der Waals surface area contributed by atoms with E-state index in [9.17, 15) is 4.79 Å². The predicted molar refractivity (Wildman–Crippen MR) is 87.5 cm³/mol. The predicted octanol–water partition coefficient (Wildman–Crippen LogP) is 3.55. The van der Waals surface area contributed by atoms with Gasteiger partial charge in [-0.3, -0.25) is 4.79 Å². The van der Waals surface area contributed by atoms with Gasteiger partial charge in [-0.25, -0.2) is 0 Å². The molecule has 0 saturated heterocycles. The van der Waals surface area contributed by atoms with Crippen LogP contribution in [-0.4, -0.2) is 18.1 Å². The number of benzene rings is 2. The van der Waals surface area contributed by atoms with Crippen LogP contribution in [-0.2, 0) is 0 Å². The third kappa shape index (κ3) is 3.64. The summed E-state index contributed by atoms with van der Waals surface area (Å²) in [4.78, 5) is 12.0. The topological polar surface area (TPSA) is 62.1 Å². The number of hydrogen-bond acceptors (Lipinski definition) is 3. The van der Waals surface area contributed by atoms with Gasteiger partial charge in [-0.15, -0.1) is 0 Å². The van der Waals surface area contributed by atoms with Gasteiger partial charge in [0.2, 0.25) is 0 Å². The molecule has 5 heteroatoms. The smallest absolute Gasteiger partial charge is 0.251 e. The molecule has 23 heavy (non-hydrogen) atoms. The van der Waals surface area contributed by atoms with E-state index >= 15 is 0 Å². The monoisotopic (exact) mass is 326 g/mol. The molecule has 0 heterocycles. The number of rotatable bonds is 4. The van der Waals surface area contributed by atoms with E-state index < -0.39 is 0 Å². The van der Waals surface area contributed by atoms with Crippen molar-refractivity contribution in [3.8, 4) is 11.8 Å². The zero-order chi connectivity index (χ0) is 16.2. The molecule has 1 aliphatic carbocycles. The van der Waals surface area contributed by atoms with E-state index in [2.05, 4.69) is 5.32 Å². The Morgan fingerprint density at radius 2 is 1.96 bits per heavy atom. The zero-order valence-electron chi connectivity index (χ0n) is 12.3. The van der Waals surface area contributed by atoms with Gasteiger partial charge in [-0.05, 0) is 24.3 Å². The van der Waals surface area contributed by atoms with E-state index in [0.29, 0.717) is 21.9 Å². The van der Waals surface area contributed by atoms with Crippen molar-refractivity contribution in [2.45, 2.75) is 25.0 Å². The fraction of sp³-hybridized carbons (Fsp3) is 0.222. The number of carbonyl (C=O) groups excluding carboxylic acids is 1. The molecule has 0 unspecified atom stereocenters. The molecule has 1 fully saturated rings. The third-order valence-electron chi connectivity index (χ3n) is 3.83. The Bertz CT molecular complexity index is 749. The summed E-state index contributed by atoms with van der Waals surface area (Å²) in [5, 5.41) is 12.2. The lowest BCUT2D eigenvalue weighted by molar-refractivity contribution is 0.0701. The highest BCUT2D eigenvalue weighted by Gasteiger charge is 2.32. The van der Waals surface area contributed by atoms with Crippen molar-refractivity contribution >= 4 is 17.5 Å². The molecule has 1 amide bonds. The van der Waals surface area contributed by atoms with Gasteiger partial charge in [0, 0.05) is 30.5 Å². The van der Waals surface area contributed by atoms with E-state index in [1.165, 1.54) is 0 Å². The molecule has 4 nitrogen and oxygen atoms in total. The van der Waals surface area contributed by atoms with Gasteiger partial charge in [-0.1, -0.05) is 29.8 Å². The van der Waals surface area contributed by atoms with Crippen LogP contribution in [0.25, 0.3) is 0 Å². The molecule has 2 aromatic rings. The standard InChI is InChI=1S/C18H15ClN2O2/c19-17-10-15(7-6-13(17)11-20)23-16-8-14(9-16)21-18(22)12-4-2-1-3-5-12/h1-7,10,14,16H,8-9H2,(H,21,22). The zero-order valence-corrected chi connectivity index (χ0v) is 13.1. The number of carbonyl (C=O) groups is 1. The van der Waals surface area contributed by atoms with Crippen LogP contribution in [0.1, 0.15) is 28.8 Å². The maximum atomic E-state index is 12.0. The highest BCUT2D eigenvalue weighted by molar-refractivity contribution is 6.31. The Hall–Kier alpha value is -2.51. The minimum Gasteiger partial charge on any atom is -0.490 e. The summed E-state index contributed by atoms with van der Waals surface area (Å²) in [7, 11) is 0. The second-order valence-corrected chi connectivity index (χ2v) is 5.91. The lowest BCUT2D eigenvalue weighted by Gasteiger charge is -2.35. The van der Waals surface area contributed by atoms with Crippen molar-refractivity contribution < 1.29 is 9.53 Å². The molecule has 0 atom stereocenters. The number of halogens is 1. The summed E-state index contributed by atoms with van der Waals surface area (Å²) in [6.07, 6.45) is 1.58. The van der Waals surface area contributed by atoms with Crippen LogP contribution >= 0.6 is 11.6 Å². The first-order valence-electron chi connectivity index (χ1n) is 7.38. The summed E-state index contributed by atoms with van der Waals surface area (Å²) in [6, 6.07) is 16.3. The molecule has 0 aliphatic heterocycles. The fourth-order valence-electron chi connectivity index (χ4n) is 2.49. The highest BCUT2D eigenvalue weighted by Crippen LogP contribution is 2.28. The molecule has 116 valence electrons. The third-order valence-corrected chi connectivity index (χ3v) is 4.14. The van der Waals surface area contributed by atoms with Crippen LogP contribution < -0.4 is 10.1 Å². The summed E-state index contributed by atoms with van der Waals surface area (Å²) < 4.78 is 5.80. The molecular formula is C18H15ClN2O2. The maximum absolute atomic E-state index is 12.0. The number of nitrogens with zero attached hydrogens (tertiary/aromatic N) is 1. The van der Waals surface area contributed by atoms with Crippen molar-refractivity contribution in [1.82, 2.24) is 5.32 Å². The molecule has 0 aromatic heterocycles. The van der Waals surface area contributed by atoms with Crippen LogP contribution in [0.2, 0.25) is 5.02 Å². The number of amides is 1. The normalized spacial score (nSPS) is 19.3. The Morgan fingerprint density at radius 3 is 2.61 bits per heavy atom. The second-order valence-electron chi connectivity index (χ2n) is 5.50. The van der Waals surface area contributed by atoms with Crippen LogP contribution in [0.15, 0.2) is 48.5 Å². The number of hydrogen-bond donors (Lipinski definition) is 1. The Morgan fingerprint density at radius 1 is 1.22 bits per heavy atom. The first-order chi connectivity index (χ1) is 11.2. The Balaban J connectivity index is 1.49. The van der Waals surface area contributed by atoms with Crippen LogP contribution in [0.5, 0.6) is 5.75 Å². The molecule has 0 radical (unpaired) electrons. The SMILES string of the molecule is N#Cc1ccc(OC2CC(NC(=O)c3ccccc3)C2)cc1Cl. The van der Waals surface area contributed by atoms with Gasteiger partial charge in [0.05, 0.1) is 10.6 Å². The molecule has 3 rings (SSSR count). The molecule has 0 bridgehead atoms. The maximum Gasteiger partial charge on any atom is 0.251 e. The lowest BCUT2D eigenvalue weighted by Crippen LogP contribution is -2.48. The van der Waals surface area contributed by atoms with Crippen molar-refractivity contribution in [1.29, 1.82) is 5.26 Å². The van der Waals surface area contributed by atoms with E-state index in [4.69, 9.17) is 21.6 Å². The van der Waals surface area contributed by atoms with E-state index in [-0.39, 0.29) is 18.1 Å². The molecule has 1 N–H and O–H groups in total. The summed E-state index contributed by atoms with van der Waals surface area (Å²) in [5.41, 5.74) is 1.09. The van der Waals surface area contributed by atoms with Crippen LogP contribution in [0.4, 0.5) is 0 Å². The largest absolute Gasteiger partial charge is 0.490 e. The summed E-state index contributed by atoms with van der Waals surface area (Å²) >= 11 is 5.98. The first-order valence-corrected chi connectivity index (χ1v) is 7.75. The van der Waals surface area contributed by atoms with Crippen LogP contribution in [0, 0.1) is 11.3 Å². The van der Waals surface area contributed by atoms with Gasteiger partial charge in [-0.2, -0.15) is 5.26 Å². The molecule has 0 spiro atoms. The fourth-order valence-corrected chi connectivity index (χ4v) is 2.70. The van der Waals surface area contributed by atoms with Crippen molar-refractivity contribution in [2.75, 3.05) is 0 Å². The van der Waals surface area contributed by atoms with Gasteiger partial charge in [0.1, 0.15) is 17.9 Å². The molecular weight excluding hydrogens is 312 g/mol. The summed E-state index contributed by atoms with van der Waals surface area (Å²) in [6.45, 7) is 0. The van der Waals surface area contributed by atoms with E-state index in [1.807, 2.05) is 24.3 Å². The lowest BCUT2D eigenvalue weighted by atomic mass is 9.89. The molecule has 1 saturated carbocycles. The van der Waals surface area contributed by atoms with Crippen molar-refractivity contribution in [3.05, 3.63) is 64.7 Å². The van der Waals surface area contributed by atoms with Crippen molar-refractivity contribution in [2.24, 2.45) is 0 Å². The average Bonchev–Trinajstić information content (AvgIpc) is 2.53. The van der Waals surface area contributed by atoms with Gasteiger partial charge in [0.25, 0.3) is 5.91 Å². The quantitative estimate of drug-likeness (QED) is 0.934. The van der Waals surface area contributed by atoms with Crippen molar-refractivity contribution in [3.63, 3.8) is 0 Å². The van der Waals surface area contributed by atoms with Gasteiger partial charge < -0.3 is 10.1 Å². The summed E-state index contributed by atoms with van der Waals surface area (Å²) in [5.74, 6) is 0.585.